The number of aromatic nitrogens is 1. The van der Waals surface area contributed by atoms with E-state index in [4.69, 9.17) is 5.84 Å². The first kappa shape index (κ1) is 9.16. The number of halogens is 2. The first-order valence-electron chi connectivity index (χ1n) is 2.21. The monoisotopic (exact) mass is 300 g/mol. The third-order valence-electron chi connectivity index (χ3n) is 0.786. The fraction of sp³-hybridized carbons (Fsp3) is 0. The zero-order valence-electron chi connectivity index (χ0n) is 4.59. The van der Waals surface area contributed by atoms with Crippen LogP contribution in [0.3, 0.4) is 0 Å². The van der Waals surface area contributed by atoms with E-state index in [1.807, 2.05) is 12.1 Å². The van der Waals surface area contributed by atoms with E-state index >= 15 is 0 Å². The Balaban J connectivity index is 0.000000640. The summed E-state index contributed by atoms with van der Waals surface area (Å²) >= 11 is 3.26. The molecule has 2 N–H and O–H groups in total. The van der Waals surface area contributed by atoms with Crippen LogP contribution in [0.15, 0.2) is 29.0 Å². The third-order valence-corrected chi connectivity index (χ3v) is 1.26. The summed E-state index contributed by atoms with van der Waals surface area (Å²) in [7, 11) is 0. The van der Waals surface area contributed by atoms with Crippen molar-refractivity contribution >= 4 is 15.9 Å². The predicted molar refractivity (Wildman–Crippen MR) is 34.5 cm³/mol. The maximum atomic E-state index is 5.35. The number of nitrogens with two attached hydrogens (primary N) is 1. The molecule has 0 amide bonds. The Morgan fingerprint density at radius 2 is 2.22 bits per heavy atom. The van der Waals surface area contributed by atoms with Gasteiger partial charge in [-0.05, 0) is 22.0 Å². The van der Waals surface area contributed by atoms with Crippen molar-refractivity contribution in [3.63, 3.8) is 0 Å². The van der Waals surface area contributed by atoms with Crippen LogP contribution < -0.4 is 34.5 Å². The van der Waals surface area contributed by atoms with Crippen LogP contribution in [0, 0.1) is 0 Å². The van der Waals surface area contributed by atoms with Gasteiger partial charge in [0.1, 0.15) is 0 Å². The van der Waals surface area contributed by atoms with Crippen LogP contribution in [0.1, 0.15) is 0 Å². The smallest absolute Gasteiger partial charge is 0.213 e. The second kappa shape index (κ2) is 4.05. The van der Waals surface area contributed by atoms with E-state index in [9.17, 15) is 0 Å². The summed E-state index contributed by atoms with van der Waals surface area (Å²) in [6, 6.07) is 3.79. The molecule has 0 atom stereocenters. The molecule has 0 aromatic carbocycles. The lowest BCUT2D eigenvalue weighted by Gasteiger charge is -1.82. The summed E-state index contributed by atoms with van der Waals surface area (Å²) in [5.41, 5.74) is 0. The molecular formula is C5H6BrIN2. The number of nitrogen functional groups attached to an aromatic ring is 1. The molecule has 4 heteroatoms. The largest absolute Gasteiger partial charge is 1.00 e. The van der Waals surface area contributed by atoms with Gasteiger partial charge < -0.3 is 24.0 Å². The maximum Gasteiger partial charge on any atom is 0.213 e. The first-order valence-corrected chi connectivity index (χ1v) is 3.00. The Morgan fingerprint density at radius 3 is 2.56 bits per heavy atom. The average molecular weight is 301 g/mol. The molecule has 1 aromatic rings. The molecule has 1 aromatic heterocycles. The summed E-state index contributed by atoms with van der Waals surface area (Å²) in [4.78, 5) is 0. The van der Waals surface area contributed by atoms with Gasteiger partial charge in [-0.2, -0.15) is 0 Å². The molecule has 0 saturated carbocycles. The lowest BCUT2D eigenvalue weighted by Crippen LogP contribution is -3.00. The highest BCUT2D eigenvalue weighted by atomic mass is 127. The van der Waals surface area contributed by atoms with Crippen molar-refractivity contribution in [2.24, 2.45) is 0 Å². The van der Waals surface area contributed by atoms with Crippen LogP contribution in [-0.4, -0.2) is 0 Å². The van der Waals surface area contributed by atoms with Crippen molar-refractivity contribution in [2.75, 3.05) is 5.84 Å². The Morgan fingerprint density at radius 1 is 1.56 bits per heavy atom. The second-order valence-corrected chi connectivity index (χ2v) is 2.39. The van der Waals surface area contributed by atoms with Gasteiger partial charge in [-0.25, -0.2) is 5.84 Å². The molecule has 1 rings (SSSR count). The van der Waals surface area contributed by atoms with E-state index < -0.39 is 0 Å². The summed E-state index contributed by atoms with van der Waals surface area (Å²) in [6.45, 7) is 0. The molecule has 2 nitrogen and oxygen atoms in total. The van der Waals surface area contributed by atoms with Crippen molar-refractivity contribution in [1.82, 2.24) is 0 Å². The number of hydrogen-bond donors (Lipinski definition) is 1. The lowest BCUT2D eigenvalue weighted by atomic mass is 10.5. The second-order valence-electron chi connectivity index (χ2n) is 1.47. The summed E-state index contributed by atoms with van der Waals surface area (Å²) < 4.78 is 2.48. The molecule has 0 bridgehead atoms. The van der Waals surface area contributed by atoms with Crippen LogP contribution in [-0.2, 0) is 0 Å². The number of hydrogen-bond acceptors (Lipinski definition) is 1. The van der Waals surface area contributed by atoms with E-state index in [1.54, 1.807) is 12.4 Å². The molecule has 50 valence electrons. The summed E-state index contributed by atoms with van der Waals surface area (Å²) in [5.74, 6) is 5.35. The Kier molecular flexibility index (Phi) is 4.12. The number of rotatable bonds is 0. The van der Waals surface area contributed by atoms with E-state index in [2.05, 4.69) is 15.9 Å². The molecule has 0 aliphatic heterocycles. The molecule has 0 aliphatic carbocycles. The van der Waals surface area contributed by atoms with Gasteiger partial charge >= 0.3 is 0 Å². The van der Waals surface area contributed by atoms with Crippen LogP contribution >= 0.6 is 15.9 Å². The van der Waals surface area contributed by atoms with Crippen molar-refractivity contribution in [2.45, 2.75) is 0 Å². The average Bonchev–Trinajstić information content (AvgIpc) is 1.64. The van der Waals surface area contributed by atoms with E-state index in [1.165, 1.54) is 4.68 Å². The van der Waals surface area contributed by atoms with Gasteiger partial charge in [0.15, 0.2) is 6.20 Å². The molecule has 0 unspecified atom stereocenters. The zero-order chi connectivity index (χ0) is 5.98. The summed E-state index contributed by atoms with van der Waals surface area (Å²) in [6.07, 6.45) is 3.55. The van der Waals surface area contributed by atoms with Gasteiger partial charge in [0.2, 0.25) is 6.20 Å². The standard InChI is InChI=1S/C5H6BrN2.HI/c6-5-2-1-3-8(7)4-5;/h1-4H,7H2;1H/q+1;/p-1. The minimum absolute atomic E-state index is 0. The molecule has 0 spiro atoms. The molecule has 0 saturated heterocycles. The van der Waals surface area contributed by atoms with Crippen LogP contribution in [0.4, 0.5) is 0 Å². The van der Waals surface area contributed by atoms with Crippen molar-refractivity contribution in [3.05, 3.63) is 29.0 Å². The van der Waals surface area contributed by atoms with E-state index in [0.717, 1.165) is 4.47 Å². The molecule has 0 radical (unpaired) electrons. The molecule has 1 heterocycles. The Labute approximate surface area is 79.2 Å². The first-order chi connectivity index (χ1) is 3.79. The van der Waals surface area contributed by atoms with Crippen molar-refractivity contribution in [3.8, 4) is 0 Å². The summed E-state index contributed by atoms with van der Waals surface area (Å²) in [5, 5.41) is 0. The normalized spacial score (nSPS) is 8.11. The minimum Gasteiger partial charge on any atom is -1.00 e. The van der Waals surface area contributed by atoms with Crippen molar-refractivity contribution in [1.29, 1.82) is 0 Å². The van der Waals surface area contributed by atoms with Crippen molar-refractivity contribution < 1.29 is 28.7 Å². The molecule has 0 fully saturated rings. The fourth-order valence-electron chi connectivity index (χ4n) is 0.463. The van der Waals surface area contributed by atoms with E-state index in [0.29, 0.717) is 0 Å². The number of pyridine rings is 1. The quantitative estimate of drug-likeness (QED) is 0.319. The third kappa shape index (κ3) is 3.00. The van der Waals surface area contributed by atoms with Crippen LogP contribution in [0.2, 0.25) is 0 Å². The minimum atomic E-state index is 0. The van der Waals surface area contributed by atoms with Gasteiger partial charge in [-0.15, -0.1) is 0 Å². The van der Waals surface area contributed by atoms with Crippen LogP contribution in [0.5, 0.6) is 0 Å². The highest BCUT2D eigenvalue weighted by molar-refractivity contribution is 9.10. The maximum absolute atomic E-state index is 5.35. The van der Waals surface area contributed by atoms with Crippen LogP contribution in [0.25, 0.3) is 0 Å². The van der Waals surface area contributed by atoms with Gasteiger partial charge in [-0.1, -0.05) is 4.68 Å². The Hall–Kier alpha value is 0.160. The zero-order valence-corrected chi connectivity index (χ0v) is 8.33. The fourth-order valence-corrected chi connectivity index (χ4v) is 0.852. The van der Waals surface area contributed by atoms with E-state index in [-0.39, 0.29) is 24.0 Å². The SMILES string of the molecule is N[n+]1cccc(Br)c1.[I-]. The molecule has 9 heavy (non-hydrogen) atoms. The highest BCUT2D eigenvalue weighted by Crippen LogP contribution is 2.01. The predicted octanol–water partition coefficient (Wildman–Crippen LogP) is -2.55. The highest BCUT2D eigenvalue weighted by Gasteiger charge is 1.90. The molecular weight excluding hydrogens is 295 g/mol. The van der Waals surface area contributed by atoms with Gasteiger partial charge in [0, 0.05) is 6.07 Å². The van der Waals surface area contributed by atoms with Gasteiger partial charge in [-0.3, -0.25) is 0 Å². The molecule has 0 aliphatic rings. The van der Waals surface area contributed by atoms with Gasteiger partial charge in [0.05, 0.1) is 4.47 Å². The topological polar surface area (TPSA) is 29.9 Å². The number of nitrogens with zero attached hydrogens (tertiary/aromatic N) is 1. The lowest BCUT2D eigenvalue weighted by molar-refractivity contribution is -0.639. The van der Waals surface area contributed by atoms with Gasteiger partial charge in [0.25, 0.3) is 0 Å². The Bertz CT molecular complexity index is 175.